The van der Waals surface area contributed by atoms with Gasteiger partial charge in [0, 0.05) is 0 Å². The second-order valence-electron chi connectivity index (χ2n) is 8.66. The molecule has 0 N–H and O–H groups in total. The Balaban J connectivity index is 4.16. The number of hydrogen-bond acceptors (Lipinski definition) is 0. The second kappa shape index (κ2) is 20.3. The summed E-state index contributed by atoms with van der Waals surface area (Å²) in [5.41, 5.74) is 0. The maximum Gasteiger partial charge on any atom is -0.0412 e. The van der Waals surface area contributed by atoms with Crippen LogP contribution in [0.5, 0.6) is 0 Å². The van der Waals surface area contributed by atoms with Crippen LogP contribution in [0.1, 0.15) is 150 Å². The summed E-state index contributed by atoms with van der Waals surface area (Å²) >= 11 is 0. The van der Waals surface area contributed by atoms with E-state index in [9.17, 15) is 0 Å². The Kier molecular flexibility index (Phi) is 20.3. The largest absolute Gasteiger partial charge is 0.0654 e. The van der Waals surface area contributed by atoms with Gasteiger partial charge in [0.15, 0.2) is 0 Å². The zero-order chi connectivity index (χ0) is 18.6. The van der Waals surface area contributed by atoms with E-state index >= 15 is 0 Å². The predicted octanol–water partition coefficient (Wildman–Crippen LogP) is 9.71. The highest BCUT2D eigenvalue weighted by atomic mass is 14.2. The molecule has 0 aromatic carbocycles. The molecule has 0 amide bonds. The molecule has 0 nitrogen and oxygen atoms in total. The summed E-state index contributed by atoms with van der Waals surface area (Å²) < 4.78 is 0. The third-order valence-electron chi connectivity index (χ3n) is 6.01. The number of hydrogen-bond donors (Lipinski definition) is 0. The molecule has 0 aromatic heterocycles. The van der Waals surface area contributed by atoms with Crippen LogP contribution in [0.4, 0.5) is 0 Å². The Morgan fingerprint density at radius 3 is 1.24 bits per heavy atom. The Labute approximate surface area is 161 Å². The fourth-order valence-electron chi connectivity index (χ4n) is 4.40. The van der Waals surface area contributed by atoms with E-state index in [0.29, 0.717) is 0 Å². The van der Waals surface area contributed by atoms with Crippen molar-refractivity contribution in [2.45, 2.75) is 150 Å². The maximum atomic E-state index is 2.39. The summed E-state index contributed by atoms with van der Waals surface area (Å²) in [5.74, 6) is 2.05. The van der Waals surface area contributed by atoms with Gasteiger partial charge in [-0.25, -0.2) is 0 Å². The number of rotatable bonds is 20. The third-order valence-corrected chi connectivity index (χ3v) is 6.01. The summed E-state index contributed by atoms with van der Waals surface area (Å²) in [6.45, 7) is 9.38. The normalized spacial score (nSPS) is 13.9. The van der Waals surface area contributed by atoms with Crippen LogP contribution in [0.3, 0.4) is 0 Å². The first-order valence-electron chi connectivity index (χ1n) is 12.3. The van der Waals surface area contributed by atoms with Crippen LogP contribution in [0.2, 0.25) is 0 Å². The van der Waals surface area contributed by atoms with Crippen LogP contribution in [0, 0.1) is 11.8 Å². The van der Waals surface area contributed by atoms with Gasteiger partial charge in [0.1, 0.15) is 0 Å². The van der Waals surface area contributed by atoms with Crippen LogP contribution in [0.25, 0.3) is 0 Å². The molecule has 0 aliphatic heterocycles. The molecule has 0 radical (unpaired) electrons. The van der Waals surface area contributed by atoms with Gasteiger partial charge in [-0.15, -0.1) is 0 Å². The zero-order valence-corrected chi connectivity index (χ0v) is 18.6. The highest BCUT2D eigenvalue weighted by Gasteiger charge is 2.16. The molecule has 0 heterocycles. The van der Waals surface area contributed by atoms with Gasteiger partial charge in [-0.1, -0.05) is 143 Å². The summed E-state index contributed by atoms with van der Waals surface area (Å²) in [7, 11) is 0. The Morgan fingerprint density at radius 1 is 0.360 bits per heavy atom. The fourth-order valence-corrected chi connectivity index (χ4v) is 4.40. The van der Waals surface area contributed by atoms with Crippen molar-refractivity contribution in [1.82, 2.24) is 0 Å². The first-order chi connectivity index (χ1) is 12.3. The second-order valence-corrected chi connectivity index (χ2v) is 8.66. The zero-order valence-electron chi connectivity index (χ0n) is 18.6. The topological polar surface area (TPSA) is 0 Å². The first kappa shape index (κ1) is 25.0. The highest BCUT2D eigenvalue weighted by molar-refractivity contribution is 4.68. The van der Waals surface area contributed by atoms with E-state index in [1.807, 2.05) is 0 Å². The van der Waals surface area contributed by atoms with Gasteiger partial charge >= 0.3 is 0 Å². The van der Waals surface area contributed by atoms with Crippen LogP contribution in [-0.4, -0.2) is 0 Å². The highest BCUT2D eigenvalue weighted by Crippen LogP contribution is 2.30. The van der Waals surface area contributed by atoms with Gasteiger partial charge in [-0.2, -0.15) is 0 Å². The molecule has 0 aliphatic carbocycles. The van der Waals surface area contributed by atoms with Gasteiger partial charge in [-0.3, -0.25) is 0 Å². The molecule has 0 spiro atoms. The molecule has 0 aliphatic rings. The van der Waals surface area contributed by atoms with Crippen LogP contribution in [-0.2, 0) is 0 Å². The van der Waals surface area contributed by atoms with Crippen molar-refractivity contribution in [3.63, 3.8) is 0 Å². The van der Waals surface area contributed by atoms with Crippen molar-refractivity contribution in [2.24, 2.45) is 11.8 Å². The molecule has 152 valence electrons. The van der Waals surface area contributed by atoms with E-state index in [1.165, 1.54) is 116 Å². The quantitative estimate of drug-likeness (QED) is 0.191. The minimum atomic E-state index is 1.02. The lowest BCUT2D eigenvalue weighted by Gasteiger charge is -2.24. The molecule has 0 saturated heterocycles. The van der Waals surface area contributed by atoms with Crippen molar-refractivity contribution >= 4 is 0 Å². The van der Waals surface area contributed by atoms with E-state index in [4.69, 9.17) is 0 Å². The fraction of sp³-hybridized carbons (Fsp3) is 1.00. The van der Waals surface area contributed by atoms with E-state index in [0.717, 1.165) is 11.8 Å². The monoisotopic (exact) mass is 352 g/mol. The lowest BCUT2D eigenvalue weighted by Crippen LogP contribution is -2.10. The average Bonchev–Trinajstić information content (AvgIpc) is 2.61. The van der Waals surface area contributed by atoms with Crippen molar-refractivity contribution < 1.29 is 0 Å². The minimum absolute atomic E-state index is 1.02. The van der Waals surface area contributed by atoms with E-state index in [2.05, 4.69) is 27.7 Å². The van der Waals surface area contributed by atoms with E-state index in [-0.39, 0.29) is 0 Å². The van der Waals surface area contributed by atoms with Crippen LogP contribution >= 0.6 is 0 Å². The third kappa shape index (κ3) is 17.2. The van der Waals surface area contributed by atoms with Gasteiger partial charge in [0.05, 0.1) is 0 Å². The predicted molar refractivity (Wildman–Crippen MR) is 117 cm³/mol. The van der Waals surface area contributed by atoms with Gasteiger partial charge in [0.25, 0.3) is 0 Å². The summed E-state index contributed by atoms with van der Waals surface area (Å²) in [6, 6.07) is 0. The molecule has 25 heavy (non-hydrogen) atoms. The molecule has 0 rings (SSSR count). The number of unbranched alkanes of at least 4 members (excludes halogenated alkanes) is 10. The van der Waals surface area contributed by atoms with E-state index in [1.54, 1.807) is 6.42 Å². The lowest BCUT2D eigenvalue weighted by atomic mass is 9.82. The molecule has 0 heteroatoms. The first-order valence-corrected chi connectivity index (χ1v) is 12.3. The van der Waals surface area contributed by atoms with Gasteiger partial charge in [0.2, 0.25) is 0 Å². The van der Waals surface area contributed by atoms with Crippen molar-refractivity contribution in [2.75, 3.05) is 0 Å². The van der Waals surface area contributed by atoms with Crippen LogP contribution < -0.4 is 0 Å². The smallest absolute Gasteiger partial charge is 0.0412 e. The van der Waals surface area contributed by atoms with Crippen molar-refractivity contribution in [1.29, 1.82) is 0 Å². The molecule has 2 atom stereocenters. The molecule has 0 aromatic rings. The minimum Gasteiger partial charge on any atom is -0.0654 e. The lowest BCUT2D eigenvalue weighted by molar-refractivity contribution is 0.287. The van der Waals surface area contributed by atoms with Crippen molar-refractivity contribution in [3.8, 4) is 0 Å². The van der Waals surface area contributed by atoms with Crippen LogP contribution in [0.15, 0.2) is 0 Å². The summed E-state index contributed by atoms with van der Waals surface area (Å²) in [5, 5.41) is 0. The maximum absolute atomic E-state index is 2.39. The SMILES string of the molecule is CCCCCCCCC(CCC)CC(CCCCC)CCCCCC. The molecule has 0 bridgehead atoms. The summed E-state index contributed by atoms with van der Waals surface area (Å²) in [4.78, 5) is 0. The molecule has 2 unspecified atom stereocenters. The molecular weight excluding hydrogens is 300 g/mol. The Hall–Kier alpha value is 0. The molecular formula is C25H52. The molecule has 0 saturated carbocycles. The summed E-state index contributed by atoms with van der Waals surface area (Å²) in [6.07, 6.45) is 27.7. The Morgan fingerprint density at radius 2 is 0.720 bits per heavy atom. The van der Waals surface area contributed by atoms with Gasteiger partial charge < -0.3 is 0 Å². The van der Waals surface area contributed by atoms with Crippen molar-refractivity contribution in [3.05, 3.63) is 0 Å². The van der Waals surface area contributed by atoms with Gasteiger partial charge in [-0.05, 0) is 18.3 Å². The Bertz CT molecular complexity index is 232. The van der Waals surface area contributed by atoms with E-state index < -0.39 is 0 Å². The standard InChI is InChI=1S/C25H52/c1-5-9-12-14-15-18-21-24(19-8-4)23-25(20-16-11-7-3)22-17-13-10-6-2/h24-25H,5-23H2,1-4H3. The molecule has 0 fully saturated rings. The average molecular weight is 353 g/mol.